The molecule has 1 N–H and O–H groups in total. The van der Waals surface area contributed by atoms with E-state index in [9.17, 15) is 9.59 Å². The van der Waals surface area contributed by atoms with Gasteiger partial charge in [0.25, 0.3) is 11.8 Å². The Balaban J connectivity index is 1.65. The van der Waals surface area contributed by atoms with Gasteiger partial charge in [-0.25, -0.2) is 0 Å². The normalized spacial score (nSPS) is 14.9. The van der Waals surface area contributed by atoms with E-state index < -0.39 is 0 Å². The van der Waals surface area contributed by atoms with E-state index in [1.54, 1.807) is 30.3 Å². The molecule has 2 amide bonds. The average molecular weight is 371 g/mol. The van der Waals surface area contributed by atoms with Crippen LogP contribution in [0.2, 0.25) is 5.02 Å². The Bertz CT molecular complexity index is 798. The number of rotatable bonds is 4. The molecular formula is C21H23ClN2O2. The molecule has 26 heavy (non-hydrogen) atoms. The van der Waals surface area contributed by atoms with Crippen molar-refractivity contribution < 1.29 is 9.59 Å². The summed E-state index contributed by atoms with van der Waals surface area (Å²) in [6, 6.07) is 14.3. The van der Waals surface area contributed by atoms with Gasteiger partial charge < -0.3 is 10.2 Å². The van der Waals surface area contributed by atoms with Gasteiger partial charge in [0.15, 0.2) is 0 Å². The van der Waals surface area contributed by atoms with Crippen molar-refractivity contribution in [1.82, 2.24) is 10.2 Å². The Labute approximate surface area is 159 Å². The summed E-state index contributed by atoms with van der Waals surface area (Å²) in [6.45, 7) is 4.12. The number of likely N-dealkylation sites (tertiary alicyclic amines) is 1. The lowest BCUT2D eigenvalue weighted by Gasteiger charge is -2.30. The molecule has 0 spiro atoms. The van der Waals surface area contributed by atoms with E-state index in [1.807, 2.05) is 23.1 Å². The maximum absolute atomic E-state index is 12.7. The van der Waals surface area contributed by atoms with E-state index in [4.69, 9.17) is 11.6 Å². The van der Waals surface area contributed by atoms with Crippen molar-refractivity contribution in [2.75, 3.05) is 13.1 Å². The summed E-state index contributed by atoms with van der Waals surface area (Å²) >= 11 is 6.12. The zero-order valence-electron chi connectivity index (χ0n) is 14.9. The Morgan fingerprint density at radius 3 is 2.50 bits per heavy atom. The van der Waals surface area contributed by atoms with Gasteiger partial charge in [-0.1, -0.05) is 42.8 Å². The van der Waals surface area contributed by atoms with Gasteiger partial charge in [0.1, 0.15) is 0 Å². The van der Waals surface area contributed by atoms with E-state index in [0.29, 0.717) is 28.6 Å². The molecule has 0 bridgehead atoms. The summed E-state index contributed by atoms with van der Waals surface area (Å²) in [7, 11) is 0. The molecule has 1 fully saturated rings. The average Bonchev–Trinajstić information content (AvgIpc) is 2.67. The minimum absolute atomic E-state index is 0.00217. The second-order valence-electron chi connectivity index (χ2n) is 6.83. The van der Waals surface area contributed by atoms with Crippen LogP contribution >= 0.6 is 11.6 Å². The molecule has 0 radical (unpaired) electrons. The number of carbonyl (C=O) groups excluding carboxylic acids is 2. The summed E-state index contributed by atoms with van der Waals surface area (Å²) in [6.07, 6.45) is 2.06. The van der Waals surface area contributed by atoms with Crippen LogP contribution in [0, 0.1) is 5.92 Å². The first-order valence-corrected chi connectivity index (χ1v) is 9.33. The topological polar surface area (TPSA) is 49.4 Å². The Morgan fingerprint density at radius 1 is 1.08 bits per heavy atom. The lowest BCUT2D eigenvalue weighted by molar-refractivity contribution is 0.0697. The molecule has 1 aliphatic rings. The first-order valence-electron chi connectivity index (χ1n) is 8.95. The standard InChI is InChI=1S/C21H23ClN2O2/c1-15-9-11-24(12-10-15)21(26)17-7-4-6-16(13-17)20(25)23-14-18-5-2-3-8-19(18)22/h2-8,13,15H,9-12,14H2,1H3,(H,23,25). The van der Waals surface area contributed by atoms with Crippen molar-refractivity contribution >= 4 is 23.4 Å². The highest BCUT2D eigenvalue weighted by Gasteiger charge is 2.22. The van der Waals surface area contributed by atoms with Crippen LogP contribution in [0.4, 0.5) is 0 Å². The van der Waals surface area contributed by atoms with Crippen LogP contribution in [0.25, 0.3) is 0 Å². The predicted molar refractivity (Wildman–Crippen MR) is 103 cm³/mol. The van der Waals surface area contributed by atoms with Gasteiger partial charge >= 0.3 is 0 Å². The monoisotopic (exact) mass is 370 g/mol. The van der Waals surface area contributed by atoms with Crippen molar-refractivity contribution in [3.63, 3.8) is 0 Å². The number of hydrogen-bond acceptors (Lipinski definition) is 2. The molecule has 1 aliphatic heterocycles. The number of nitrogens with zero attached hydrogens (tertiary/aromatic N) is 1. The Morgan fingerprint density at radius 2 is 1.77 bits per heavy atom. The zero-order chi connectivity index (χ0) is 18.5. The van der Waals surface area contributed by atoms with Gasteiger partial charge in [-0.15, -0.1) is 0 Å². The molecule has 0 unspecified atom stereocenters. The fourth-order valence-electron chi connectivity index (χ4n) is 3.11. The minimum atomic E-state index is -0.216. The summed E-state index contributed by atoms with van der Waals surface area (Å²) in [5, 5.41) is 3.48. The highest BCUT2D eigenvalue weighted by Crippen LogP contribution is 2.19. The van der Waals surface area contributed by atoms with Crippen molar-refractivity contribution in [3.05, 3.63) is 70.2 Å². The van der Waals surface area contributed by atoms with E-state index in [0.717, 1.165) is 31.5 Å². The second kappa shape index (κ2) is 8.37. The summed E-state index contributed by atoms with van der Waals surface area (Å²) in [5.41, 5.74) is 1.90. The zero-order valence-corrected chi connectivity index (χ0v) is 15.6. The highest BCUT2D eigenvalue weighted by molar-refractivity contribution is 6.31. The number of nitrogens with one attached hydrogen (secondary N) is 1. The van der Waals surface area contributed by atoms with Crippen LogP contribution in [-0.4, -0.2) is 29.8 Å². The molecular weight excluding hydrogens is 348 g/mol. The van der Waals surface area contributed by atoms with Gasteiger partial charge in [-0.05, 0) is 48.6 Å². The van der Waals surface area contributed by atoms with E-state index in [1.165, 1.54) is 0 Å². The smallest absolute Gasteiger partial charge is 0.253 e. The number of amides is 2. The molecule has 4 nitrogen and oxygen atoms in total. The molecule has 0 atom stereocenters. The minimum Gasteiger partial charge on any atom is -0.348 e. The number of carbonyl (C=O) groups is 2. The molecule has 0 saturated carbocycles. The van der Waals surface area contributed by atoms with Crippen molar-refractivity contribution in [3.8, 4) is 0 Å². The number of hydrogen-bond donors (Lipinski definition) is 1. The van der Waals surface area contributed by atoms with E-state index in [2.05, 4.69) is 12.2 Å². The molecule has 5 heteroatoms. The van der Waals surface area contributed by atoms with Crippen LogP contribution in [-0.2, 0) is 6.54 Å². The molecule has 3 rings (SSSR count). The van der Waals surface area contributed by atoms with Crippen molar-refractivity contribution in [1.29, 1.82) is 0 Å². The predicted octanol–water partition coefficient (Wildman–Crippen LogP) is 4.14. The SMILES string of the molecule is CC1CCN(C(=O)c2cccc(C(=O)NCc3ccccc3Cl)c2)CC1. The quantitative estimate of drug-likeness (QED) is 0.879. The van der Waals surface area contributed by atoms with Gasteiger partial charge in [0.05, 0.1) is 0 Å². The lowest BCUT2D eigenvalue weighted by Crippen LogP contribution is -2.38. The fourth-order valence-corrected chi connectivity index (χ4v) is 3.31. The van der Waals surface area contributed by atoms with Gasteiger partial charge in [-0.2, -0.15) is 0 Å². The third-order valence-electron chi connectivity index (χ3n) is 4.84. The van der Waals surface area contributed by atoms with Crippen molar-refractivity contribution in [2.24, 2.45) is 5.92 Å². The molecule has 1 heterocycles. The third-order valence-corrected chi connectivity index (χ3v) is 5.21. The van der Waals surface area contributed by atoms with E-state index >= 15 is 0 Å². The van der Waals surface area contributed by atoms with Crippen LogP contribution < -0.4 is 5.32 Å². The lowest BCUT2D eigenvalue weighted by atomic mass is 9.98. The summed E-state index contributed by atoms with van der Waals surface area (Å²) in [5.74, 6) is 0.450. The fraction of sp³-hybridized carbons (Fsp3) is 0.333. The molecule has 136 valence electrons. The number of halogens is 1. The van der Waals surface area contributed by atoms with E-state index in [-0.39, 0.29) is 11.8 Å². The molecule has 0 aromatic heterocycles. The number of piperidine rings is 1. The van der Waals surface area contributed by atoms with Crippen LogP contribution in [0.5, 0.6) is 0 Å². The van der Waals surface area contributed by atoms with Gasteiger partial charge in [0.2, 0.25) is 0 Å². The summed E-state index contributed by atoms with van der Waals surface area (Å²) < 4.78 is 0. The third kappa shape index (κ3) is 4.44. The van der Waals surface area contributed by atoms with Gasteiger partial charge in [-0.3, -0.25) is 9.59 Å². The first-order chi connectivity index (χ1) is 12.5. The van der Waals surface area contributed by atoms with Crippen LogP contribution in [0.3, 0.4) is 0 Å². The van der Waals surface area contributed by atoms with Crippen LogP contribution in [0.15, 0.2) is 48.5 Å². The first kappa shape index (κ1) is 18.5. The number of benzene rings is 2. The molecule has 2 aromatic carbocycles. The maximum Gasteiger partial charge on any atom is 0.253 e. The van der Waals surface area contributed by atoms with Crippen LogP contribution in [0.1, 0.15) is 46.0 Å². The summed E-state index contributed by atoms with van der Waals surface area (Å²) in [4.78, 5) is 27.0. The largest absolute Gasteiger partial charge is 0.348 e. The highest BCUT2D eigenvalue weighted by atomic mass is 35.5. The van der Waals surface area contributed by atoms with Gasteiger partial charge in [0, 0.05) is 35.8 Å². The maximum atomic E-state index is 12.7. The Kier molecular flexibility index (Phi) is 5.94. The van der Waals surface area contributed by atoms with Crippen molar-refractivity contribution in [2.45, 2.75) is 26.3 Å². The second-order valence-corrected chi connectivity index (χ2v) is 7.24. The Hall–Kier alpha value is -2.33. The molecule has 0 aliphatic carbocycles. The molecule has 1 saturated heterocycles. The molecule has 2 aromatic rings.